The highest BCUT2D eigenvalue weighted by molar-refractivity contribution is 5.70. The Labute approximate surface area is 248 Å². The molecule has 5 fully saturated rings. The van der Waals surface area contributed by atoms with E-state index in [0.29, 0.717) is 18.2 Å². The Hall–Kier alpha value is -1.91. The molecule has 1 aromatic carbocycles. The van der Waals surface area contributed by atoms with E-state index in [9.17, 15) is 20.1 Å². The summed E-state index contributed by atoms with van der Waals surface area (Å²) in [7, 11) is 0. The van der Waals surface area contributed by atoms with Gasteiger partial charge >= 0.3 is 6.16 Å². The Kier molecular flexibility index (Phi) is 6.39. The third kappa shape index (κ3) is 3.76. The molecule has 0 aromatic heterocycles. The monoisotopic (exact) mass is 585 g/mol. The smallest absolute Gasteiger partial charge is 0.482 e. The van der Waals surface area contributed by atoms with Crippen LogP contribution in [0, 0.1) is 22.7 Å². The number of piperidine rings is 1. The largest absolute Gasteiger partial charge is 0.513 e. The molecule has 3 unspecified atom stereocenters. The number of hydrogen-bond donors (Lipinski definition) is 4. The summed E-state index contributed by atoms with van der Waals surface area (Å²) in [6.45, 7) is 9.60. The van der Waals surface area contributed by atoms with E-state index in [1.54, 1.807) is 6.07 Å². The molecule has 4 saturated carbocycles. The lowest BCUT2D eigenvalue weighted by molar-refractivity contribution is -0.305. The SMILES string of the molecule is CC(C)(C)[C@@](C)(O)[C@H]1CC23CC[C@@]1(O)[C@@H]1Oc4c(OC(=O)OCCC(O)CO)ccc5c4C12CCN(CC1CC1)[C@@H]3C5. The summed E-state index contributed by atoms with van der Waals surface area (Å²) >= 11 is 0. The van der Waals surface area contributed by atoms with Gasteiger partial charge in [0.05, 0.1) is 24.9 Å². The molecule has 0 radical (unpaired) electrons. The summed E-state index contributed by atoms with van der Waals surface area (Å²) < 4.78 is 17.8. The molecule has 8 rings (SSSR count). The Morgan fingerprint density at radius 2 is 1.95 bits per heavy atom. The zero-order valence-electron chi connectivity index (χ0n) is 25.4. The van der Waals surface area contributed by atoms with Gasteiger partial charge in [-0.3, -0.25) is 4.90 Å². The molecule has 2 heterocycles. The molecule has 9 nitrogen and oxygen atoms in total. The van der Waals surface area contributed by atoms with Crippen molar-refractivity contribution in [1.82, 2.24) is 4.90 Å². The van der Waals surface area contributed by atoms with Gasteiger partial charge in [0.2, 0.25) is 0 Å². The van der Waals surface area contributed by atoms with Gasteiger partial charge in [0.25, 0.3) is 0 Å². The van der Waals surface area contributed by atoms with Crippen LogP contribution in [0.3, 0.4) is 0 Å². The molecule has 9 heteroatoms. The number of carbonyl (C=O) groups excluding carboxylic acids is 1. The first-order valence-corrected chi connectivity index (χ1v) is 15.9. The average Bonchev–Trinajstić information content (AvgIpc) is 3.67. The van der Waals surface area contributed by atoms with Crippen LogP contribution in [0.15, 0.2) is 12.1 Å². The van der Waals surface area contributed by atoms with Crippen molar-refractivity contribution >= 4 is 6.16 Å². The van der Waals surface area contributed by atoms with Crippen molar-refractivity contribution in [2.24, 2.45) is 22.7 Å². The maximum atomic E-state index is 12.8. The predicted octanol–water partition coefficient (Wildman–Crippen LogP) is 3.31. The van der Waals surface area contributed by atoms with Crippen LogP contribution in [-0.2, 0) is 16.6 Å². The van der Waals surface area contributed by atoms with Crippen molar-refractivity contribution in [3.05, 3.63) is 23.3 Å². The first kappa shape index (κ1) is 28.8. The van der Waals surface area contributed by atoms with Crippen LogP contribution in [0.4, 0.5) is 4.79 Å². The Morgan fingerprint density at radius 1 is 1.19 bits per heavy atom. The Balaban J connectivity index is 1.31. The molecule has 0 amide bonds. The third-order valence-corrected chi connectivity index (χ3v) is 12.6. The molecule has 1 saturated heterocycles. The van der Waals surface area contributed by atoms with E-state index < -0.39 is 47.0 Å². The molecule has 5 aliphatic carbocycles. The normalized spacial score (nSPS) is 38.3. The van der Waals surface area contributed by atoms with E-state index >= 15 is 0 Å². The van der Waals surface area contributed by atoms with Gasteiger partial charge in [-0.25, -0.2) is 4.79 Å². The minimum absolute atomic E-state index is 0.0841. The predicted molar refractivity (Wildman–Crippen MR) is 153 cm³/mol. The number of benzene rings is 1. The fraction of sp³-hybridized carbons (Fsp3) is 0.788. The average molecular weight is 586 g/mol. The number of ether oxygens (including phenoxy) is 3. The number of rotatable bonds is 8. The van der Waals surface area contributed by atoms with Crippen LogP contribution >= 0.6 is 0 Å². The second-order valence-electron chi connectivity index (χ2n) is 15.4. The highest BCUT2D eigenvalue weighted by Crippen LogP contribution is 2.77. The number of hydrogen-bond acceptors (Lipinski definition) is 9. The van der Waals surface area contributed by atoms with E-state index in [4.69, 9.17) is 19.3 Å². The summed E-state index contributed by atoms with van der Waals surface area (Å²) in [6, 6.07) is 4.13. The second-order valence-corrected chi connectivity index (χ2v) is 15.4. The van der Waals surface area contributed by atoms with Gasteiger partial charge in [0, 0.05) is 41.3 Å². The summed E-state index contributed by atoms with van der Waals surface area (Å²) in [5.41, 5.74) is -1.14. The molecule has 4 N–H and O–H groups in total. The number of aliphatic hydroxyl groups is 4. The van der Waals surface area contributed by atoms with Gasteiger partial charge in [-0.15, -0.1) is 0 Å². The fourth-order valence-corrected chi connectivity index (χ4v) is 9.82. The standard InChI is InChI=1S/C33H47NO8/c1-29(2,3)30(4,38)23-16-31-10-11-33(23,39)27-32(31)12-13-34(17-19-5-6-19)24(31)15-20-7-8-22(26(42-27)25(20)32)41-28(37)40-14-9-21(36)18-35/h7-8,19,21,23-24,27,35-36,38-39H,5-6,9-18H2,1-4H3/t21?,23-,24-,27-,30+,31?,32?,33+/m1/s1. The van der Waals surface area contributed by atoms with Gasteiger partial charge < -0.3 is 34.6 Å². The molecule has 7 aliphatic rings. The van der Waals surface area contributed by atoms with Gasteiger partial charge in [-0.05, 0) is 81.4 Å². The van der Waals surface area contributed by atoms with Crippen molar-refractivity contribution in [3.8, 4) is 11.5 Å². The van der Waals surface area contributed by atoms with Crippen molar-refractivity contribution in [2.45, 2.75) is 114 Å². The molecular formula is C33H47NO8. The molecule has 2 spiro atoms. The first-order chi connectivity index (χ1) is 19.8. The first-order valence-electron chi connectivity index (χ1n) is 15.9. The Bertz CT molecular complexity index is 1270. The van der Waals surface area contributed by atoms with Crippen LogP contribution in [0.5, 0.6) is 11.5 Å². The third-order valence-electron chi connectivity index (χ3n) is 12.6. The number of aliphatic hydroxyl groups excluding tert-OH is 2. The Morgan fingerprint density at radius 3 is 2.64 bits per heavy atom. The van der Waals surface area contributed by atoms with Crippen molar-refractivity contribution in [3.63, 3.8) is 0 Å². The van der Waals surface area contributed by atoms with Gasteiger partial charge in [-0.1, -0.05) is 26.8 Å². The fourth-order valence-electron chi connectivity index (χ4n) is 9.82. The number of fused-ring (bicyclic) bond motifs is 2. The topological polar surface area (TPSA) is 129 Å². The van der Waals surface area contributed by atoms with Crippen molar-refractivity contribution < 1.29 is 39.4 Å². The molecular weight excluding hydrogens is 538 g/mol. The van der Waals surface area contributed by atoms with Gasteiger partial charge in [0.15, 0.2) is 11.5 Å². The van der Waals surface area contributed by atoms with Crippen LogP contribution in [0.2, 0.25) is 0 Å². The van der Waals surface area contributed by atoms with Gasteiger partial charge in [0.1, 0.15) is 11.7 Å². The minimum atomic E-state index is -1.24. The molecule has 1 aromatic rings. The quantitative estimate of drug-likeness (QED) is 0.268. The van der Waals surface area contributed by atoms with Gasteiger partial charge in [-0.2, -0.15) is 0 Å². The van der Waals surface area contributed by atoms with Crippen molar-refractivity contribution in [2.75, 3.05) is 26.3 Å². The van der Waals surface area contributed by atoms with Crippen LogP contribution in [-0.4, -0.2) is 87.2 Å². The molecule has 8 atom stereocenters. The highest BCUT2D eigenvalue weighted by atomic mass is 16.7. The van der Waals surface area contributed by atoms with E-state index in [0.717, 1.165) is 50.3 Å². The maximum Gasteiger partial charge on any atom is 0.513 e. The number of nitrogens with zero attached hydrogens (tertiary/aromatic N) is 1. The molecule has 232 valence electrons. The summed E-state index contributed by atoms with van der Waals surface area (Å²) in [5, 5.41) is 43.6. The zero-order valence-corrected chi connectivity index (χ0v) is 25.4. The molecule has 2 aliphatic heterocycles. The van der Waals surface area contributed by atoms with E-state index in [2.05, 4.69) is 11.0 Å². The minimum Gasteiger partial charge on any atom is -0.482 e. The zero-order chi connectivity index (χ0) is 29.9. The number of likely N-dealkylation sites (tertiary alicyclic amines) is 1. The van der Waals surface area contributed by atoms with E-state index in [1.807, 2.05) is 27.7 Å². The highest BCUT2D eigenvalue weighted by Gasteiger charge is 2.82. The maximum absolute atomic E-state index is 12.8. The number of carbonyl (C=O) groups is 1. The van der Waals surface area contributed by atoms with E-state index in [1.165, 1.54) is 18.4 Å². The summed E-state index contributed by atoms with van der Waals surface area (Å²) in [4.78, 5) is 15.4. The molecule has 42 heavy (non-hydrogen) atoms. The molecule has 4 bridgehead atoms. The summed E-state index contributed by atoms with van der Waals surface area (Å²) in [6.07, 6.45) is 4.21. The lowest BCUT2D eigenvalue weighted by Crippen LogP contribution is -2.82. The second kappa shape index (κ2) is 9.30. The van der Waals surface area contributed by atoms with Crippen LogP contribution in [0.1, 0.15) is 83.8 Å². The summed E-state index contributed by atoms with van der Waals surface area (Å²) in [5.74, 6) is 1.20. The van der Waals surface area contributed by atoms with Crippen LogP contribution < -0.4 is 9.47 Å². The van der Waals surface area contributed by atoms with Crippen LogP contribution in [0.25, 0.3) is 0 Å². The van der Waals surface area contributed by atoms with Crippen molar-refractivity contribution in [1.29, 1.82) is 0 Å². The van der Waals surface area contributed by atoms with E-state index in [-0.39, 0.29) is 30.1 Å². The lowest BCUT2D eigenvalue weighted by atomic mass is 9.33. The lowest BCUT2D eigenvalue weighted by Gasteiger charge is -2.75.